The molecule has 3 aromatic heterocycles. The molecule has 0 bridgehead atoms. The van der Waals surface area contributed by atoms with Gasteiger partial charge in [-0.25, -0.2) is 0 Å². The standard InChI is InChI=1S/3C18H12N2O.8C2H6/c3*21-18-13-8-4-6-11-5-3-7-12(16(11)13)17-19-14-9-1-2-10-15(14)20(17)18;8*1-2/h3*1-10,14-15H;8*1-2H3. The predicted octanol–water partition coefficient (Wildman–Crippen LogP) is 15.8. The van der Waals surface area contributed by atoms with Gasteiger partial charge in [-0.05, 0) is 34.4 Å². The van der Waals surface area contributed by atoms with Gasteiger partial charge in [0.1, 0.15) is 16.5 Å². The lowest BCUT2D eigenvalue weighted by Crippen LogP contribution is -2.34. The van der Waals surface area contributed by atoms with E-state index in [-0.39, 0.29) is 52.9 Å². The van der Waals surface area contributed by atoms with Crippen molar-refractivity contribution in [2.24, 2.45) is 15.0 Å². The zero-order chi connectivity index (χ0) is 57.9. The molecule has 6 heterocycles. The van der Waals surface area contributed by atoms with Crippen LogP contribution in [-0.2, 0) is 0 Å². The van der Waals surface area contributed by atoms with E-state index >= 15 is 0 Å². The summed E-state index contributed by atoms with van der Waals surface area (Å²) in [4.78, 5) is 53.2. The normalized spacial score (nSPS) is 18.5. The fraction of sp³-hybridized carbons (Fsp3) is 0.314. The molecule has 79 heavy (non-hydrogen) atoms. The summed E-state index contributed by atoms with van der Waals surface area (Å²) >= 11 is 0. The van der Waals surface area contributed by atoms with Crippen LogP contribution in [0.4, 0.5) is 0 Å². The average Bonchev–Trinajstić information content (AvgIpc) is 4.30. The molecule has 0 N–H and O–H groups in total. The Labute approximate surface area is 467 Å². The van der Waals surface area contributed by atoms with Crippen LogP contribution in [0.5, 0.6) is 0 Å². The van der Waals surface area contributed by atoms with Gasteiger partial charge in [-0.15, -0.1) is 0 Å². The second-order valence-electron chi connectivity index (χ2n) is 16.8. The van der Waals surface area contributed by atoms with Gasteiger partial charge in [0, 0.05) is 48.5 Å². The number of nitrogens with zero attached hydrogens (tertiary/aromatic N) is 6. The van der Waals surface area contributed by atoms with Gasteiger partial charge in [-0.2, -0.15) is 0 Å². The second kappa shape index (κ2) is 29.6. The van der Waals surface area contributed by atoms with E-state index in [1.165, 1.54) is 0 Å². The first-order chi connectivity index (χ1) is 39.0. The molecule has 3 aliphatic carbocycles. The Kier molecular flexibility index (Phi) is 23.2. The maximum Gasteiger partial charge on any atom is 0.260 e. The molecule has 15 rings (SSSR count). The monoisotopic (exact) mass is 1060 g/mol. The highest BCUT2D eigenvalue weighted by Crippen LogP contribution is 2.31. The summed E-state index contributed by atoms with van der Waals surface area (Å²) in [5.74, 6) is 0. The molecule has 0 saturated carbocycles. The molecule has 412 valence electrons. The Hall–Kier alpha value is -8.04. The Morgan fingerprint density at radius 3 is 0.709 bits per heavy atom. The number of benzene rings is 6. The summed E-state index contributed by atoms with van der Waals surface area (Å²) in [6.07, 6.45) is 24.4. The number of fused-ring (bicyclic) bond motifs is 12. The van der Waals surface area contributed by atoms with E-state index in [1.54, 1.807) is 0 Å². The van der Waals surface area contributed by atoms with Crippen LogP contribution in [0.2, 0.25) is 0 Å². The van der Waals surface area contributed by atoms with Gasteiger partial charge in [0.05, 0.1) is 36.3 Å². The Morgan fingerprint density at radius 2 is 0.481 bits per heavy atom. The maximum absolute atomic E-state index is 12.9. The summed E-state index contributed by atoms with van der Waals surface area (Å²) in [5.41, 5.74) is 2.63. The van der Waals surface area contributed by atoms with Gasteiger partial charge in [0.2, 0.25) is 0 Å². The molecule has 0 fully saturated rings. The molecule has 6 aromatic carbocycles. The fourth-order valence-electron chi connectivity index (χ4n) is 10.7. The lowest BCUT2D eigenvalue weighted by atomic mass is 10.0. The van der Waals surface area contributed by atoms with Crippen LogP contribution in [0.3, 0.4) is 0 Å². The quantitative estimate of drug-likeness (QED) is 0.151. The lowest BCUT2D eigenvalue weighted by molar-refractivity contribution is 0.577. The zero-order valence-electron chi connectivity index (χ0n) is 49.7. The molecule has 0 spiro atoms. The Bertz CT molecular complexity index is 3620. The average molecular weight is 1060 g/mol. The Morgan fingerprint density at radius 1 is 0.278 bits per heavy atom. The number of rotatable bonds is 0. The van der Waals surface area contributed by atoms with Gasteiger partial charge in [0.15, 0.2) is 0 Å². The van der Waals surface area contributed by atoms with E-state index in [1.807, 2.05) is 252 Å². The van der Waals surface area contributed by atoms with Crippen molar-refractivity contribution in [1.82, 2.24) is 13.7 Å². The molecule has 3 aliphatic heterocycles. The number of hydrogen-bond donors (Lipinski definition) is 0. The van der Waals surface area contributed by atoms with Crippen LogP contribution in [0.25, 0.3) is 64.6 Å². The SMILES string of the molecule is CC.CC.CC.CC.CC.CC.CC.CC.O=c1c2cccc3cccc(c4n1C1C=CC=CC1N=4)c32.O=c1c2cccc3cccc(c4n1C1C=CC=CC1N=4)c32.O=c1c2cccc3cccc(c4n1C1C=CC=CC1N=4)c32. The van der Waals surface area contributed by atoms with Crippen molar-refractivity contribution in [1.29, 1.82) is 0 Å². The van der Waals surface area contributed by atoms with Gasteiger partial charge in [-0.3, -0.25) is 43.1 Å². The van der Waals surface area contributed by atoms with Crippen molar-refractivity contribution in [3.63, 3.8) is 0 Å². The minimum Gasteiger partial charge on any atom is -0.283 e. The predicted molar refractivity (Wildman–Crippen MR) is 341 cm³/mol. The number of aromatic nitrogens is 3. The third-order valence-corrected chi connectivity index (χ3v) is 13.4. The second-order valence-corrected chi connectivity index (χ2v) is 16.8. The molecule has 6 atom stereocenters. The van der Waals surface area contributed by atoms with Gasteiger partial charge in [0.25, 0.3) is 16.7 Å². The van der Waals surface area contributed by atoms with Crippen molar-refractivity contribution in [3.05, 3.63) is 230 Å². The molecule has 9 aromatic rings. The van der Waals surface area contributed by atoms with Gasteiger partial charge in [-0.1, -0.05) is 275 Å². The van der Waals surface area contributed by atoms with Gasteiger partial charge < -0.3 is 0 Å². The molecule has 9 nitrogen and oxygen atoms in total. The molecular formula is C70H84N6O3. The minimum absolute atomic E-state index is 0.0149. The molecular weight excluding hydrogens is 973 g/mol. The molecule has 6 aliphatic rings. The highest BCUT2D eigenvalue weighted by Gasteiger charge is 2.32. The third kappa shape index (κ3) is 11.3. The molecule has 0 amide bonds. The maximum atomic E-state index is 12.9. The number of hydrogen-bond acceptors (Lipinski definition) is 6. The minimum atomic E-state index is 0.0149. The lowest BCUT2D eigenvalue weighted by Gasteiger charge is -2.17. The van der Waals surface area contributed by atoms with Crippen LogP contribution < -0.4 is 33.1 Å². The molecule has 6 unspecified atom stereocenters. The fourth-order valence-corrected chi connectivity index (χ4v) is 10.7. The first-order valence-corrected chi connectivity index (χ1v) is 29.4. The summed E-state index contributed by atoms with van der Waals surface area (Å²) in [5, 5.41) is 12.0. The van der Waals surface area contributed by atoms with Crippen LogP contribution in [0, 0.1) is 0 Å². The van der Waals surface area contributed by atoms with E-state index in [0.29, 0.717) is 0 Å². The van der Waals surface area contributed by atoms with Crippen molar-refractivity contribution < 1.29 is 0 Å². The smallest absolute Gasteiger partial charge is 0.260 e. The first kappa shape index (κ1) is 61.8. The molecule has 9 heteroatoms. The van der Waals surface area contributed by atoms with Crippen LogP contribution >= 0.6 is 0 Å². The van der Waals surface area contributed by atoms with E-state index in [9.17, 15) is 14.4 Å². The van der Waals surface area contributed by atoms with Crippen LogP contribution in [-0.4, -0.2) is 31.8 Å². The third-order valence-electron chi connectivity index (χ3n) is 13.4. The topological polar surface area (TPSA) is 103 Å². The summed E-state index contributed by atoms with van der Waals surface area (Å²) in [6.45, 7) is 32.0. The summed E-state index contributed by atoms with van der Waals surface area (Å²) < 4.78 is 5.55. The molecule has 0 saturated heterocycles. The van der Waals surface area contributed by atoms with E-state index in [2.05, 4.69) is 54.7 Å². The summed E-state index contributed by atoms with van der Waals surface area (Å²) in [7, 11) is 0. The number of pyridine rings is 3. The van der Waals surface area contributed by atoms with E-state index < -0.39 is 0 Å². The van der Waals surface area contributed by atoms with E-state index in [4.69, 9.17) is 15.0 Å². The molecule has 0 radical (unpaired) electrons. The van der Waals surface area contributed by atoms with Crippen molar-refractivity contribution in [2.75, 3.05) is 0 Å². The van der Waals surface area contributed by atoms with Crippen molar-refractivity contribution in [2.45, 2.75) is 147 Å². The van der Waals surface area contributed by atoms with Crippen LogP contribution in [0.15, 0.2) is 211 Å². The Balaban J connectivity index is 0.000000193. The van der Waals surface area contributed by atoms with E-state index in [0.717, 1.165) is 81.1 Å². The number of allylic oxidation sites excluding steroid dienone is 6. The first-order valence-electron chi connectivity index (χ1n) is 29.4. The highest BCUT2D eigenvalue weighted by atomic mass is 16.1. The largest absolute Gasteiger partial charge is 0.283 e. The highest BCUT2D eigenvalue weighted by molar-refractivity contribution is 6.11. The van der Waals surface area contributed by atoms with Crippen LogP contribution in [0.1, 0.15) is 129 Å². The van der Waals surface area contributed by atoms with Crippen molar-refractivity contribution in [3.8, 4) is 0 Å². The summed E-state index contributed by atoms with van der Waals surface area (Å²) in [6, 6.07) is 36.4. The zero-order valence-corrected chi connectivity index (χ0v) is 49.7. The van der Waals surface area contributed by atoms with Gasteiger partial charge >= 0.3 is 0 Å². The van der Waals surface area contributed by atoms with Crippen molar-refractivity contribution >= 4 is 64.6 Å².